The molecular formula is C13H17NO4. The highest BCUT2D eigenvalue weighted by Crippen LogP contribution is 2.10. The summed E-state index contributed by atoms with van der Waals surface area (Å²) in [6.07, 6.45) is 0.745. The van der Waals surface area contributed by atoms with Gasteiger partial charge in [0, 0.05) is 18.5 Å². The molecule has 0 fully saturated rings. The van der Waals surface area contributed by atoms with Crippen LogP contribution in [0.5, 0.6) is 5.75 Å². The van der Waals surface area contributed by atoms with Crippen LogP contribution in [-0.2, 0) is 4.79 Å². The molecular weight excluding hydrogens is 234 g/mol. The fraction of sp³-hybridized carbons (Fsp3) is 0.385. The lowest BCUT2D eigenvalue weighted by Crippen LogP contribution is -2.30. The number of carbonyl (C=O) groups excluding carboxylic acids is 1. The molecule has 1 amide bonds. The van der Waals surface area contributed by atoms with E-state index in [-0.39, 0.29) is 24.0 Å². The summed E-state index contributed by atoms with van der Waals surface area (Å²) in [5.74, 6) is -1.09. The molecule has 0 aliphatic heterocycles. The van der Waals surface area contributed by atoms with E-state index in [1.165, 1.54) is 24.3 Å². The summed E-state index contributed by atoms with van der Waals surface area (Å²) in [4.78, 5) is 22.3. The molecule has 5 nitrogen and oxygen atoms in total. The molecule has 0 aliphatic rings. The second kappa shape index (κ2) is 6.64. The Morgan fingerprint density at radius 3 is 2.39 bits per heavy atom. The Hall–Kier alpha value is -2.04. The van der Waals surface area contributed by atoms with Crippen molar-refractivity contribution in [1.82, 2.24) is 5.32 Å². The van der Waals surface area contributed by atoms with Crippen LogP contribution in [-0.4, -0.2) is 28.6 Å². The lowest BCUT2D eigenvalue weighted by Gasteiger charge is -2.13. The Balaban J connectivity index is 2.49. The van der Waals surface area contributed by atoms with Gasteiger partial charge in [-0.25, -0.2) is 0 Å². The molecule has 3 N–H and O–H groups in total. The maximum atomic E-state index is 11.7. The van der Waals surface area contributed by atoms with Crippen LogP contribution >= 0.6 is 0 Å². The highest BCUT2D eigenvalue weighted by atomic mass is 16.4. The van der Waals surface area contributed by atoms with E-state index < -0.39 is 5.97 Å². The summed E-state index contributed by atoms with van der Waals surface area (Å²) < 4.78 is 0. The minimum absolute atomic E-state index is 0.0480. The van der Waals surface area contributed by atoms with Gasteiger partial charge < -0.3 is 15.5 Å². The maximum absolute atomic E-state index is 11.7. The lowest BCUT2D eigenvalue weighted by atomic mass is 10.0. The summed E-state index contributed by atoms with van der Waals surface area (Å²) in [5.41, 5.74) is 0.443. The van der Waals surface area contributed by atoms with Crippen LogP contribution in [0.1, 0.15) is 30.1 Å². The number of hydrogen-bond donors (Lipinski definition) is 3. The van der Waals surface area contributed by atoms with Gasteiger partial charge in [-0.1, -0.05) is 13.3 Å². The molecule has 0 spiro atoms. The molecule has 0 bridgehead atoms. The van der Waals surface area contributed by atoms with E-state index in [2.05, 4.69) is 5.32 Å². The summed E-state index contributed by atoms with van der Waals surface area (Å²) in [7, 11) is 0. The van der Waals surface area contributed by atoms with Crippen molar-refractivity contribution in [1.29, 1.82) is 0 Å². The molecule has 5 heteroatoms. The van der Waals surface area contributed by atoms with Gasteiger partial charge in [0.25, 0.3) is 5.91 Å². The monoisotopic (exact) mass is 251 g/mol. The van der Waals surface area contributed by atoms with Crippen molar-refractivity contribution in [3.8, 4) is 5.75 Å². The van der Waals surface area contributed by atoms with E-state index in [4.69, 9.17) is 10.2 Å². The Morgan fingerprint density at radius 2 is 1.89 bits per heavy atom. The number of benzene rings is 1. The third-order valence-corrected chi connectivity index (χ3v) is 2.72. The van der Waals surface area contributed by atoms with Crippen molar-refractivity contribution in [3.05, 3.63) is 29.8 Å². The van der Waals surface area contributed by atoms with E-state index in [1.807, 2.05) is 6.92 Å². The fourth-order valence-electron chi connectivity index (χ4n) is 1.56. The van der Waals surface area contributed by atoms with E-state index in [9.17, 15) is 9.59 Å². The van der Waals surface area contributed by atoms with Crippen molar-refractivity contribution in [2.45, 2.75) is 19.8 Å². The molecule has 0 radical (unpaired) electrons. The average Bonchev–Trinajstić information content (AvgIpc) is 2.34. The highest BCUT2D eigenvalue weighted by molar-refractivity contribution is 5.94. The van der Waals surface area contributed by atoms with Gasteiger partial charge in [-0.2, -0.15) is 0 Å². The molecule has 1 aromatic rings. The van der Waals surface area contributed by atoms with Gasteiger partial charge in [0.1, 0.15) is 5.75 Å². The molecule has 0 saturated carbocycles. The first-order valence-electron chi connectivity index (χ1n) is 5.82. The van der Waals surface area contributed by atoms with Gasteiger partial charge in [0.05, 0.1) is 0 Å². The Morgan fingerprint density at radius 1 is 1.28 bits per heavy atom. The number of phenolic OH excluding ortho intramolecular Hbond substituents is 1. The molecule has 1 atom stereocenters. The van der Waals surface area contributed by atoms with Gasteiger partial charge in [0.15, 0.2) is 0 Å². The van der Waals surface area contributed by atoms with Crippen molar-refractivity contribution in [2.75, 3.05) is 6.54 Å². The molecule has 18 heavy (non-hydrogen) atoms. The SMILES string of the molecule is CCC(CNC(=O)c1ccc(O)cc1)CC(=O)O. The van der Waals surface area contributed by atoms with Crippen molar-refractivity contribution in [2.24, 2.45) is 5.92 Å². The van der Waals surface area contributed by atoms with Gasteiger partial charge >= 0.3 is 5.97 Å². The standard InChI is InChI=1S/C13H17NO4/c1-2-9(7-12(16)17)8-14-13(18)10-3-5-11(15)6-4-10/h3-6,9,15H,2,7-8H2,1H3,(H,14,18)(H,16,17). The lowest BCUT2D eigenvalue weighted by molar-refractivity contribution is -0.138. The van der Waals surface area contributed by atoms with E-state index >= 15 is 0 Å². The number of nitrogens with one attached hydrogen (secondary N) is 1. The zero-order valence-electron chi connectivity index (χ0n) is 10.2. The van der Waals surface area contributed by atoms with Crippen molar-refractivity contribution >= 4 is 11.9 Å². The second-order valence-corrected chi connectivity index (χ2v) is 4.13. The predicted octanol–water partition coefficient (Wildman–Crippen LogP) is 1.62. The Bertz CT molecular complexity index is 414. The normalized spacial score (nSPS) is 11.8. The first-order chi connectivity index (χ1) is 8.52. The molecule has 0 heterocycles. The number of amides is 1. The number of aromatic hydroxyl groups is 1. The topological polar surface area (TPSA) is 86.6 Å². The molecule has 0 saturated heterocycles. The molecule has 0 aromatic heterocycles. The van der Waals surface area contributed by atoms with Crippen LogP contribution < -0.4 is 5.32 Å². The number of carboxylic acids is 1. The number of aliphatic carboxylic acids is 1. The average molecular weight is 251 g/mol. The quantitative estimate of drug-likeness (QED) is 0.717. The van der Waals surface area contributed by atoms with Crippen LogP contribution in [0.3, 0.4) is 0 Å². The molecule has 98 valence electrons. The smallest absolute Gasteiger partial charge is 0.303 e. The number of carboxylic acid groups (broad SMARTS) is 1. The second-order valence-electron chi connectivity index (χ2n) is 4.13. The molecule has 1 rings (SSSR count). The summed E-state index contributed by atoms with van der Waals surface area (Å²) >= 11 is 0. The number of hydrogen-bond acceptors (Lipinski definition) is 3. The van der Waals surface area contributed by atoms with Gasteiger partial charge in [0.2, 0.25) is 0 Å². The van der Waals surface area contributed by atoms with E-state index in [1.54, 1.807) is 0 Å². The van der Waals surface area contributed by atoms with Crippen LogP contribution in [0, 0.1) is 5.92 Å². The van der Waals surface area contributed by atoms with E-state index in [0.29, 0.717) is 18.5 Å². The first-order valence-corrected chi connectivity index (χ1v) is 5.82. The maximum Gasteiger partial charge on any atom is 0.303 e. The van der Waals surface area contributed by atoms with Gasteiger partial charge in [-0.3, -0.25) is 9.59 Å². The minimum Gasteiger partial charge on any atom is -0.508 e. The van der Waals surface area contributed by atoms with Crippen LogP contribution in [0.4, 0.5) is 0 Å². The minimum atomic E-state index is -0.860. The summed E-state index contributed by atoms with van der Waals surface area (Å²) in [5, 5.41) is 20.5. The van der Waals surface area contributed by atoms with Crippen molar-refractivity contribution in [3.63, 3.8) is 0 Å². The third-order valence-electron chi connectivity index (χ3n) is 2.72. The van der Waals surface area contributed by atoms with Crippen LogP contribution in [0.15, 0.2) is 24.3 Å². The zero-order valence-corrected chi connectivity index (χ0v) is 10.2. The number of rotatable bonds is 6. The Kier molecular flexibility index (Phi) is 5.17. The van der Waals surface area contributed by atoms with Crippen LogP contribution in [0.25, 0.3) is 0 Å². The summed E-state index contributed by atoms with van der Waals surface area (Å²) in [6, 6.07) is 5.90. The predicted molar refractivity (Wildman–Crippen MR) is 66.5 cm³/mol. The molecule has 1 unspecified atom stereocenters. The molecule has 1 aromatic carbocycles. The number of carbonyl (C=O) groups is 2. The summed E-state index contributed by atoms with van der Waals surface area (Å²) in [6.45, 7) is 2.23. The highest BCUT2D eigenvalue weighted by Gasteiger charge is 2.13. The fourth-order valence-corrected chi connectivity index (χ4v) is 1.56. The van der Waals surface area contributed by atoms with Gasteiger partial charge in [-0.05, 0) is 30.2 Å². The third kappa shape index (κ3) is 4.45. The Labute approximate surface area is 105 Å². The van der Waals surface area contributed by atoms with E-state index in [0.717, 1.165) is 0 Å². The largest absolute Gasteiger partial charge is 0.508 e. The first kappa shape index (κ1) is 14.0. The molecule has 0 aliphatic carbocycles. The van der Waals surface area contributed by atoms with Gasteiger partial charge in [-0.15, -0.1) is 0 Å². The zero-order chi connectivity index (χ0) is 13.5. The van der Waals surface area contributed by atoms with Crippen LogP contribution in [0.2, 0.25) is 0 Å². The number of phenols is 1. The van der Waals surface area contributed by atoms with Crippen molar-refractivity contribution < 1.29 is 19.8 Å².